The van der Waals surface area contributed by atoms with Crippen LogP contribution in [0.25, 0.3) is 10.9 Å². The average Bonchev–Trinajstić information content (AvgIpc) is 2.57. The molecule has 0 atom stereocenters. The van der Waals surface area contributed by atoms with E-state index in [0.29, 0.717) is 23.2 Å². The SMILES string of the molecule is CC(C)CNCc1cc(Nc2ccnc3cc(Cl)ccc23)ccc1O. The van der Waals surface area contributed by atoms with Crippen molar-refractivity contribution >= 4 is 33.9 Å². The molecule has 0 spiro atoms. The van der Waals surface area contributed by atoms with E-state index in [2.05, 4.69) is 29.5 Å². The van der Waals surface area contributed by atoms with E-state index in [9.17, 15) is 5.11 Å². The van der Waals surface area contributed by atoms with Gasteiger partial charge in [0.05, 0.1) is 5.52 Å². The summed E-state index contributed by atoms with van der Waals surface area (Å²) in [6.45, 7) is 5.86. The van der Waals surface area contributed by atoms with Crippen LogP contribution < -0.4 is 10.6 Å². The van der Waals surface area contributed by atoms with Crippen LogP contribution >= 0.6 is 11.6 Å². The smallest absolute Gasteiger partial charge is 0.120 e. The molecule has 0 aliphatic rings. The largest absolute Gasteiger partial charge is 0.508 e. The molecule has 0 saturated carbocycles. The van der Waals surface area contributed by atoms with Crippen molar-refractivity contribution in [1.29, 1.82) is 0 Å². The Hall–Kier alpha value is -2.30. The fourth-order valence-corrected chi connectivity index (χ4v) is 2.85. The summed E-state index contributed by atoms with van der Waals surface area (Å²) in [5.74, 6) is 0.867. The maximum absolute atomic E-state index is 10.1. The normalized spacial score (nSPS) is 11.2. The summed E-state index contributed by atoms with van der Waals surface area (Å²) in [4.78, 5) is 4.36. The second kappa shape index (κ2) is 7.72. The molecule has 0 fully saturated rings. The minimum Gasteiger partial charge on any atom is -0.508 e. The van der Waals surface area contributed by atoms with Gasteiger partial charge in [0.2, 0.25) is 0 Å². The number of aromatic nitrogens is 1. The molecule has 0 aliphatic heterocycles. The highest BCUT2D eigenvalue weighted by molar-refractivity contribution is 6.31. The highest BCUT2D eigenvalue weighted by Gasteiger charge is 2.06. The number of hydrogen-bond acceptors (Lipinski definition) is 4. The van der Waals surface area contributed by atoms with E-state index < -0.39 is 0 Å². The van der Waals surface area contributed by atoms with Gasteiger partial charge >= 0.3 is 0 Å². The van der Waals surface area contributed by atoms with Gasteiger partial charge in [-0.3, -0.25) is 4.98 Å². The molecule has 3 rings (SSSR count). The highest BCUT2D eigenvalue weighted by Crippen LogP contribution is 2.29. The number of fused-ring (bicyclic) bond motifs is 1. The summed E-state index contributed by atoms with van der Waals surface area (Å²) >= 11 is 6.04. The number of phenols is 1. The fraction of sp³-hybridized carbons (Fsp3) is 0.250. The molecule has 0 bridgehead atoms. The molecule has 130 valence electrons. The lowest BCUT2D eigenvalue weighted by atomic mass is 10.1. The summed E-state index contributed by atoms with van der Waals surface area (Å²) in [6, 6.07) is 13.1. The summed E-state index contributed by atoms with van der Waals surface area (Å²) in [6.07, 6.45) is 1.76. The first-order chi connectivity index (χ1) is 12.0. The van der Waals surface area contributed by atoms with E-state index in [-0.39, 0.29) is 0 Å². The number of rotatable bonds is 6. The van der Waals surface area contributed by atoms with Gasteiger partial charge in [0.15, 0.2) is 0 Å². The summed E-state index contributed by atoms with van der Waals surface area (Å²) < 4.78 is 0. The summed E-state index contributed by atoms with van der Waals surface area (Å²) in [7, 11) is 0. The minimum absolute atomic E-state index is 0.299. The van der Waals surface area contributed by atoms with Gasteiger partial charge in [-0.15, -0.1) is 0 Å². The first-order valence-corrected chi connectivity index (χ1v) is 8.74. The maximum Gasteiger partial charge on any atom is 0.120 e. The van der Waals surface area contributed by atoms with E-state index in [1.165, 1.54) is 0 Å². The molecular formula is C20H22ClN3O. The predicted molar refractivity (Wildman–Crippen MR) is 105 cm³/mol. The van der Waals surface area contributed by atoms with Crippen molar-refractivity contribution < 1.29 is 5.11 Å². The maximum atomic E-state index is 10.1. The van der Waals surface area contributed by atoms with E-state index in [1.54, 1.807) is 12.3 Å². The van der Waals surface area contributed by atoms with Crippen LogP contribution in [0, 0.1) is 5.92 Å². The Morgan fingerprint density at radius 3 is 2.76 bits per heavy atom. The van der Waals surface area contributed by atoms with Crippen molar-refractivity contribution in [1.82, 2.24) is 10.3 Å². The standard InChI is InChI=1S/C20H22ClN3O/c1-13(2)11-22-12-14-9-16(4-6-20(14)25)24-18-7-8-23-19-10-15(21)3-5-17(18)19/h3-10,13,22,25H,11-12H2,1-2H3,(H,23,24). The van der Waals surface area contributed by atoms with Gasteiger partial charge < -0.3 is 15.7 Å². The van der Waals surface area contributed by atoms with Crippen molar-refractivity contribution in [2.45, 2.75) is 20.4 Å². The third-order valence-corrected chi connectivity index (χ3v) is 4.17. The molecule has 0 amide bonds. The lowest BCUT2D eigenvalue weighted by molar-refractivity contribution is 0.461. The van der Waals surface area contributed by atoms with Crippen molar-refractivity contribution in [3.8, 4) is 5.75 Å². The number of benzene rings is 2. The molecule has 2 aromatic carbocycles. The van der Waals surface area contributed by atoms with Gasteiger partial charge in [-0.1, -0.05) is 25.4 Å². The van der Waals surface area contributed by atoms with E-state index >= 15 is 0 Å². The second-order valence-corrected chi connectivity index (χ2v) is 6.95. The molecule has 5 heteroatoms. The molecule has 0 saturated heterocycles. The number of pyridine rings is 1. The number of phenolic OH excluding ortho intramolecular Hbond substituents is 1. The Bertz CT molecular complexity index is 880. The zero-order chi connectivity index (χ0) is 17.8. The Kier molecular flexibility index (Phi) is 5.41. The van der Waals surface area contributed by atoms with Crippen molar-refractivity contribution in [2.75, 3.05) is 11.9 Å². The first-order valence-electron chi connectivity index (χ1n) is 8.37. The van der Waals surface area contributed by atoms with Crippen molar-refractivity contribution in [2.24, 2.45) is 5.92 Å². The molecule has 0 aliphatic carbocycles. The topological polar surface area (TPSA) is 57.2 Å². The van der Waals surface area contributed by atoms with Crippen LogP contribution in [0.2, 0.25) is 5.02 Å². The Balaban J connectivity index is 1.83. The number of nitrogens with zero attached hydrogens (tertiary/aromatic N) is 1. The van der Waals surface area contributed by atoms with Gasteiger partial charge in [-0.05, 0) is 54.9 Å². The van der Waals surface area contributed by atoms with Gasteiger partial charge in [0.25, 0.3) is 0 Å². The number of hydrogen-bond donors (Lipinski definition) is 3. The van der Waals surface area contributed by atoms with Gasteiger partial charge in [-0.2, -0.15) is 0 Å². The second-order valence-electron chi connectivity index (χ2n) is 6.51. The van der Waals surface area contributed by atoms with Gasteiger partial charge in [-0.25, -0.2) is 0 Å². The quantitative estimate of drug-likeness (QED) is 0.539. The Morgan fingerprint density at radius 1 is 1.12 bits per heavy atom. The third-order valence-electron chi connectivity index (χ3n) is 3.93. The van der Waals surface area contributed by atoms with Crippen LogP contribution in [0.1, 0.15) is 19.4 Å². The zero-order valence-corrected chi connectivity index (χ0v) is 15.1. The molecule has 4 nitrogen and oxygen atoms in total. The Morgan fingerprint density at radius 2 is 1.96 bits per heavy atom. The fourth-order valence-electron chi connectivity index (χ4n) is 2.69. The van der Waals surface area contributed by atoms with Crippen molar-refractivity contribution in [3.63, 3.8) is 0 Å². The lowest BCUT2D eigenvalue weighted by Crippen LogP contribution is -2.19. The third kappa shape index (κ3) is 4.41. The lowest BCUT2D eigenvalue weighted by Gasteiger charge is -2.13. The van der Waals surface area contributed by atoms with E-state index in [4.69, 9.17) is 11.6 Å². The average molecular weight is 356 g/mol. The number of nitrogens with one attached hydrogen (secondary N) is 2. The van der Waals surface area contributed by atoms with Crippen LogP contribution in [-0.4, -0.2) is 16.6 Å². The van der Waals surface area contributed by atoms with Crippen LogP contribution in [-0.2, 0) is 6.54 Å². The molecular weight excluding hydrogens is 334 g/mol. The predicted octanol–water partition coefficient (Wildman–Crippen LogP) is 5.08. The molecule has 1 heterocycles. The van der Waals surface area contributed by atoms with Crippen LogP contribution in [0.15, 0.2) is 48.7 Å². The van der Waals surface area contributed by atoms with Crippen LogP contribution in [0.5, 0.6) is 5.75 Å². The summed E-state index contributed by atoms with van der Waals surface area (Å²) in [5.41, 5.74) is 3.58. The molecule has 0 radical (unpaired) electrons. The van der Waals surface area contributed by atoms with Gasteiger partial charge in [0.1, 0.15) is 5.75 Å². The molecule has 25 heavy (non-hydrogen) atoms. The summed E-state index contributed by atoms with van der Waals surface area (Å²) in [5, 5.41) is 18.5. The molecule has 0 unspecified atom stereocenters. The minimum atomic E-state index is 0.299. The molecule has 3 aromatic rings. The molecule has 3 N–H and O–H groups in total. The van der Waals surface area contributed by atoms with E-state index in [1.807, 2.05) is 36.4 Å². The van der Waals surface area contributed by atoms with Crippen LogP contribution in [0.3, 0.4) is 0 Å². The number of anilines is 2. The monoisotopic (exact) mass is 355 g/mol. The first kappa shape index (κ1) is 17.5. The number of aromatic hydroxyl groups is 1. The highest BCUT2D eigenvalue weighted by atomic mass is 35.5. The van der Waals surface area contributed by atoms with Gasteiger partial charge in [0, 0.05) is 40.1 Å². The Labute approximate surface area is 152 Å². The van der Waals surface area contributed by atoms with Crippen molar-refractivity contribution in [3.05, 3.63) is 59.2 Å². The van der Waals surface area contributed by atoms with Crippen LogP contribution in [0.4, 0.5) is 11.4 Å². The molecule has 1 aromatic heterocycles. The number of halogens is 1. The zero-order valence-electron chi connectivity index (χ0n) is 14.4. The van der Waals surface area contributed by atoms with E-state index in [0.717, 1.165) is 34.4 Å².